The molecular formula is C34H43N3O8. The van der Waals surface area contributed by atoms with Crippen LogP contribution in [0.2, 0.25) is 0 Å². The van der Waals surface area contributed by atoms with Gasteiger partial charge in [-0.15, -0.1) is 0 Å². The summed E-state index contributed by atoms with van der Waals surface area (Å²) in [6, 6.07) is 14.0. The summed E-state index contributed by atoms with van der Waals surface area (Å²) in [5, 5.41) is 2.68. The maximum Gasteiger partial charge on any atom is 0.408 e. The summed E-state index contributed by atoms with van der Waals surface area (Å²) in [5.41, 5.74) is 0.762. The number of carbonyl (C=O) groups is 5. The summed E-state index contributed by atoms with van der Waals surface area (Å²) in [6.07, 6.45) is 0.502. The first-order chi connectivity index (χ1) is 21.4. The zero-order valence-corrected chi connectivity index (χ0v) is 26.6. The molecule has 0 unspecified atom stereocenters. The molecule has 11 heteroatoms. The van der Waals surface area contributed by atoms with E-state index in [9.17, 15) is 24.0 Å². The fourth-order valence-electron chi connectivity index (χ4n) is 5.42. The van der Waals surface area contributed by atoms with Crippen LogP contribution >= 0.6 is 0 Å². The number of nitrogens with zero attached hydrogens (tertiary/aromatic N) is 2. The van der Waals surface area contributed by atoms with Crippen LogP contribution in [0.5, 0.6) is 0 Å². The Labute approximate surface area is 264 Å². The van der Waals surface area contributed by atoms with Gasteiger partial charge in [-0.3, -0.25) is 9.59 Å². The molecule has 242 valence electrons. The Bertz CT molecular complexity index is 1300. The molecule has 0 aliphatic carbocycles. The molecule has 4 rings (SSSR count). The third kappa shape index (κ3) is 9.06. The third-order valence-electron chi connectivity index (χ3n) is 7.51. The lowest BCUT2D eigenvalue weighted by molar-refractivity contribution is -0.148. The number of benzene rings is 2. The fraction of sp³-hybridized carbons (Fsp3) is 0.500. The lowest BCUT2D eigenvalue weighted by atomic mass is 10.0. The van der Waals surface area contributed by atoms with Crippen LogP contribution in [0, 0.1) is 5.92 Å². The third-order valence-corrected chi connectivity index (χ3v) is 7.51. The minimum Gasteiger partial charge on any atom is -0.459 e. The molecule has 2 fully saturated rings. The van der Waals surface area contributed by atoms with Gasteiger partial charge in [0.15, 0.2) is 12.1 Å². The first-order valence-corrected chi connectivity index (χ1v) is 15.4. The Morgan fingerprint density at radius 2 is 1.36 bits per heavy atom. The number of carbonyl (C=O) groups excluding carboxylic acids is 5. The number of likely N-dealkylation sites (tertiary alicyclic amines) is 1. The van der Waals surface area contributed by atoms with E-state index in [4.69, 9.17) is 14.2 Å². The molecule has 2 aliphatic rings. The predicted octanol–water partition coefficient (Wildman–Crippen LogP) is 3.98. The molecule has 2 aromatic carbocycles. The van der Waals surface area contributed by atoms with Crippen molar-refractivity contribution in [3.05, 3.63) is 71.8 Å². The van der Waals surface area contributed by atoms with Crippen molar-refractivity contribution >= 4 is 29.8 Å². The second-order valence-electron chi connectivity index (χ2n) is 12.8. The van der Waals surface area contributed by atoms with Crippen molar-refractivity contribution in [3.63, 3.8) is 0 Å². The van der Waals surface area contributed by atoms with Gasteiger partial charge in [0.05, 0.1) is 0 Å². The minimum atomic E-state index is -1.17. The van der Waals surface area contributed by atoms with E-state index in [0.29, 0.717) is 25.8 Å². The van der Waals surface area contributed by atoms with E-state index in [2.05, 4.69) is 5.32 Å². The Hall–Kier alpha value is -4.41. The number of esters is 2. The van der Waals surface area contributed by atoms with E-state index in [0.717, 1.165) is 16.0 Å². The molecule has 2 saturated heterocycles. The summed E-state index contributed by atoms with van der Waals surface area (Å²) >= 11 is 0. The molecule has 0 bridgehead atoms. The summed E-state index contributed by atoms with van der Waals surface area (Å²) in [5.74, 6) is -2.35. The van der Waals surface area contributed by atoms with Crippen LogP contribution in [-0.2, 0) is 46.6 Å². The van der Waals surface area contributed by atoms with Gasteiger partial charge in [-0.1, -0.05) is 74.5 Å². The number of ether oxygens (including phenoxy) is 3. The van der Waals surface area contributed by atoms with Gasteiger partial charge in [0.1, 0.15) is 30.9 Å². The number of rotatable bonds is 11. The van der Waals surface area contributed by atoms with Crippen molar-refractivity contribution in [2.45, 2.75) is 96.9 Å². The zero-order chi connectivity index (χ0) is 32.7. The highest BCUT2D eigenvalue weighted by atomic mass is 16.6. The van der Waals surface area contributed by atoms with E-state index in [1.807, 2.05) is 50.2 Å². The Kier molecular flexibility index (Phi) is 10.8. The molecule has 3 amide bonds. The number of nitrogens with one attached hydrogen (secondary N) is 1. The van der Waals surface area contributed by atoms with E-state index in [1.165, 1.54) is 4.90 Å². The summed E-state index contributed by atoms with van der Waals surface area (Å²) in [6.45, 7) is 9.29. The molecule has 2 heterocycles. The first-order valence-electron chi connectivity index (χ1n) is 15.4. The molecule has 0 spiro atoms. The average Bonchev–Trinajstić information content (AvgIpc) is 3.55. The zero-order valence-electron chi connectivity index (χ0n) is 26.6. The van der Waals surface area contributed by atoms with Crippen LogP contribution in [0.3, 0.4) is 0 Å². The number of hydrogen-bond donors (Lipinski definition) is 1. The summed E-state index contributed by atoms with van der Waals surface area (Å²) in [4.78, 5) is 69.4. The summed E-state index contributed by atoms with van der Waals surface area (Å²) < 4.78 is 16.4. The van der Waals surface area contributed by atoms with Crippen LogP contribution in [0.4, 0.5) is 4.79 Å². The van der Waals surface area contributed by atoms with Crippen LogP contribution in [0.1, 0.15) is 65.0 Å². The molecule has 0 saturated carbocycles. The van der Waals surface area contributed by atoms with E-state index in [1.54, 1.807) is 45.0 Å². The predicted molar refractivity (Wildman–Crippen MR) is 164 cm³/mol. The molecule has 11 nitrogen and oxygen atoms in total. The van der Waals surface area contributed by atoms with Gasteiger partial charge in [-0.2, -0.15) is 0 Å². The van der Waals surface area contributed by atoms with E-state index in [-0.39, 0.29) is 19.1 Å². The number of amides is 3. The van der Waals surface area contributed by atoms with Crippen molar-refractivity contribution in [2.75, 3.05) is 6.54 Å². The first kappa shape index (κ1) is 33.5. The average molecular weight is 622 g/mol. The highest BCUT2D eigenvalue weighted by Gasteiger charge is 2.63. The molecule has 2 aromatic rings. The van der Waals surface area contributed by atoms with Gasteiger partial charge in [-0.25, -0.2) is 14.4 Å². The van der Waals surface area contributed by atoms with Crippen LogP contribution in [-0.4, -0.2) is 76.0 Å². The molecular weight excluding hydrogens is 578 g/mol. The van der Waals surface area contributed by atoms with Crippen LogP contribution in [0.15, 0.2) is 60.7 Å². The van der Waals surface area contributed by atoms with E-state index < -0.39 is 59.6 Å². The Morgan fingerprint density at radius 1 is 0.844 bits per heavy atom. The summed E-state index contributed by atoms with van der Waals surface area (Å²) in [7, 11) is 0. The van der Waals surface area contributed by atoms with Gasteiger partial charge in [0.25, 0.3) is 0 Å². The van der Waals surface area contributed by atoms with Crippen LogP contribution < -0.4 is 5.32 Å². The Morgan fingerprint density at radius 3 is 1.82 bits per heavy atom. The molecule has 0 radical (unpaired) electrons. The lowest BCUT2D eigenvalue weighted by Gasteiger charge is -2.30. The maximum absolute atomic E-state index is 14.0. The lowest BCUT2D eigenvalue weighted by Crippen LogP contribution is -2.53. The van der Waals surface area contributed by atoms with Crippen molar-refractivity contribution in [1.82, 2.24) is 15.1 Å². The Balaban J connectivity index is 1.49. The highest BCUT2D eigenvalue weighted by molar-refractivity contribution is 6.03. The standard InChI is InChI=1S/C34H43N3O8/c1-22(2)19-25(35-33(42)45-34(3,4)5)29(38)36-18-12-17-26(36)30(39)37-27(31(40)43-20-23-13-8-6-9-14-23)28(37)32(41)44-21-24-15-10-7-11-16-24/h6-11,13-16,22,25-28H,12,17-21H2,1-5H3,(H,35,42)/t25-,26-,27+,28+/m0/s1. The van der Waals surface area contributed by atoms with Crippen molar-refractivity contribution in [2.24, 2.45) is 5.92 Å². The monoisotopic (exact) mass is 621 g/mol. The normalized spacial score (nSPS) is 19.9. The van der Waals surface area contributed by atoms with Crippen molar-refractivity contribution in [1.29, 1.82) is 0 Å². The second-order valence-corrected chi connectivity index (χ2v) is 12.8. The van der Waals surface area contributed by atoms with Gasteiger partial charge in [0.2, 0.25) is 11.8 Å². The highest BCUT2D eigenvalue weighted by Crippen LogP contribution is 2.35. The topological polar surface area (TPSA) is 131 Å². The SMILES string of the molecule is CC(C)C[C@H](NC(=O)OC(C)(C)C)C(=O)N1CCC[C@H]1C(=O)N1[C@@H](C(=O)OCc2ccccc2)[C@@H]1C(=O)OCc1ccccc1. The maximum atomic E-state index is 14.0. The van der Waals surface area contributed by atoms with Gasteiger partial charge < -0.3 is 29.3 Å². The quantitative estimate of drug-likeness (QED) is 0.227. The minimum absolute atomic E-state index is 0.0226. The molecule has 1 N–H and O–H groups in total. The van der Waals surface area contributed by atoms with Gasteiger partial charge in [0, 0.05) is 6.54 Å². The van der Waals surface area contributed by atoms with Crippen molar-refractivity contribution < 1.29 is 38.2 Å². The van der Waals surface area contributed by atoms with E-state index >= 15 is 0 Å². The molecule has 4 atom stereocenters. The molecule has 0 aromatic heterocycles. The van der Waals surface area contributed by atoms with Gasteiger partial charge >= 0.3 is 18.0 Å². The largest absolute Gasteiger partial charge is 0.459 e. The fourth-order valence-corrected chi connectivity index (χ4v) is 5.42. The number of hydrogen-bond acceptors (Lipinski definition) is 8. The van der Waals surface area contributed by atoms with Gasteiger partial charge in [-0.05, 0) is 57.1 Å². The van der Waals surface area contributed by atoms with Crippen LogP contribution in [0.25, 0.3) is 0 Å². The second kappa shape index (κ2) is 14.6. The number of alkyl carbamates (subject to hydrolysis) is 1. The molecule has 2 aliphatic heterocycles. The molecule has 45 heavy (non-hydrogen) atoms. The van der Waals surface area contributed by atoms with Crippen molar-refractivity contribution in [3.8, 4) is 0 Å². The smallest absolute Gasteiger partial charge is 0.408 e.